The maximum atomic E-state index is 14.2. The molecule has 0 atom stereocenters. The molecule has 0 aliphatic carbocycles. The van der Waals surface area contributed by atoms with Crippen LogP contribution in [-0.4, -0.2) is 28.8 Å². The van der Waals surface area contributed by atoms with Gasteiger partial charge in [-0.3, -0.25) is 5.01 Å². The smallest absolute Gasteiger partial charge is 0.427 e. The van der Waals surface area contributed by atoms with Crippen molar-refractivity contribution in [3.05, 3.63) is 53.8 Å². The van der Waals surface area contributed by atoms with Gasteiger partial charge >= 0.3 is 6.18 Å². The van der Waals surface area contributed by atoms with Gasteiger partial charge in [0.2, 0.25) is 0 Å². The van der Waals surface area contributed by atoms with E-state index in [9.17, 15) is 17.6 Å². The van der Waals surface area contributed by atoms with Crippen LogP contribution in [0.5, 0.6) is 5.88 Å². The molecular weight excluding hydrogens is 338 g/mol. The number of halogens is 4. The van der Waals surface area contributed by atoms with E-state index >= 15 is 0 Å². The quantitative estimate of drug-likeness (QED) is 0.820. The molecule has 0 aromatic carbocycles. The summed E-state index contributed by atoms with van der Waals surface area (Å²) in [5.74, 6) is -1.64. The van der Waals surface area contributed by atoms with Gasteiger partial charge in [-0.05, 0) is 44.6 Å². The van der Waals surface area contributed by atoms with Crippen LogP contribution < -0.4 is 10.2 Å². The SMILES string of the molecule is C/C=C1/C=C(c2cnc(OC(C)(C)C(F)(F)F)c(F)c2)C=CN1NC. The van der Waals surface area contributed by atoms with Gasteiger partial charge in [-0.1, -0.05) is 6.08 Å². The van der Waals surface area contributed by atoms with Gasteiger partial charge in [-0.2, -0.15) is 13.2 Å². The molecule has 25 heavy (non-hydrogen) atoms. The summed E-state index contributed by atoms with van der Waals surface area (Å²) in [7, 11) is 1.75. The minimum atomic E-state index is -4.65. The standard InChI is InChI=1S/C17H19F4N3O/c1-5-13-8-11(6-7-24(13)22-4)12-9-14(18)15(23-10-12)25-16(2,3)17(19,20)21/h5-10,22H,1-4H3/b13-5-. The van der Waals surface area contributed by atoms with Crippen LogP contribution in [-0.2, 0) is 0 Å². The van der Waals surface area contributed by atoms with Crippen LogP contribution in [0, 0.1) is 5.82 Å². The van der Waals surface area contributed by atoms with Gasteiger partial charge in [0.15, 0.2) is 11.4 Å². The van der Waals surface area contributed by atoms with Gasteiger partial charge in [0.05, 0.1) is 5.70 Å². The van der Waals surface area contributed by atoms with E-state index in [1.807, 2.05) is 13.0 Å². The maximum absolute atomic E-state index is 14.2. The molecular formula is C17H19F4N3O. The van der Waals surface area contributed by atoms with E-state index in [1.54, 1.807) is 30.4 Å². The summed E-state index contributed by atoms with van der Waals surface area (Å²) in [6, 6.07) is 1.10. The molecule has 2 heterocycles. The average Bonchev–Trinajstić information content (AvgIpc) is 2.54. The maximum Gasteiger partial charge on any atom is 0.427 e. The first-order valence-electron chi connectivity index (χ1n) is 7.53. The molecule has 0 fully saturated rings. The Kier molecular flexibility index (Phi) is 5.22. The van der Waals surface area contributed by atoms with Gasteiger partial charge in [0.1, 0.15) is 0 Å². The number of hydrogen-bond acceptors (Lipinski definition) is 4. The third-order valence-corrected chi connectivity index (χ3v) is 3.70. The fourth-order valence-corrected chi connectivity index (χ4v) is 2.08. The third kappa shape index (κ3) is 4.01. The largest absolute Gasteiger partial charge is 0.460 e. The molecule has 0 saturated heterocycles. The van der Waals surface area contributed by atoms with Gasteiger partial charge in [-0.15, -0.1) is 0 Å². The zero-order chi connectivity index (χ0) is 18.8. The summed E-state index contributed by atoms with van der Waals surface area (Å²) in [6.45, 7) is 3.49. The highest BCUT2D eigenvalue weighted by Gasteiger charge is 2.50. The van der Waals surface area contributed by atoms with Crippen LogP contribution in [0.3, 0.4) is 0 Å². The second kappa shape index (κ2) is 6.87. The second-order valence-electron chi connectivity index (χ2n) is 5.84. The molecule has 0 radical (unpaired) electrons. The van der Waals surface area contributed by atoms with Gasteiger partial charge < -0.3 is 4.74 Å². The molecule has 0 spiro atoms. The number of hydrogen-bond donors (Lipinski definition) is 1. The normalized spacial score (nSPS) is 17.0. The number of allylic oxidation sites excluding steroid dienone is 4. The van der Waals surface area contributed by atoms with E-state index in [1.165, 1.54) is 6.20 Å². The fourth-order valence-electron chi connectivity index (χ4n) is 2.08. The van der Waals surface area contributed by atoms with Crippen LogP contribution in [0.1, 0.15) is 26.3 Å². The summed E-state index contributed by atoms with van der Waals surface area (Å²) >= 11 is 0. The van der Waals surface area contributed by atoms with Crippen molar-refractivity contribution in [2.75, 3.05) is 7.05 Å². The van der Waals surface area contributed by atoms with Crippen molar-refractivity contribution in [1.82, 2.24) is 15.4 Å². The Bertz CT molecular complexity index is 736. The molecule has 4 nitrogen and oxygen atoms in total. The molecule has 8 heteroatoms. The lowest BCUT2D eigenvalue weighted by atomic mass is 10.0. The van der Waals surface area contributed by atoms with Crippen molar-refractivity contribution in [2.24, 2.45) is 0 Å². The van der Waals surface area contributed by atoms with Crippen LogP contribution in [0.25, 0.3) is 5.57 Å². The van der Waals surface area contributed by atoms with Crippen LogP contribution in [0.4, 0.5) is 17.6 Å². The van der Waals surface area contributed by atoms with Crippen molar-refractivity contribution in [3.8, 4) is 5.88 Å². The molecule has 0 bridgehead atoms. The lowest BCUT2D eigenvalue weighted by Crippen LogP contribution is -2.45. The average molecular weight is 357 g/mol. The van der Waals surface area contributed by atoms with Gasteiger partial charge in [-0.25, -0.2) is 14.8 Å². The number of hydrazine groups is 1. The third-order valence-electron chi connectivity index (χ3n) is 3.70. The number of nitrogens with one attached hydrogen (secondary N) is 1. The Morgan fingerprint density at radius 1 is 1.28 bits per heavy atom. The first-order chi connectivity index (χ1) is 11.6. The second-order valence-corrected chi connectivity index (χ2v) is 5.84. The van der Waals surface area contributed by atoms with Crippen molar-refractivity contribution in [3.63, 3.8) is 0 Å². The molecule has 1 aromatic heterocycles. The molecule has 0 amide bonds. The number of alkyl halides is 3. The Morgan fingerprint density at radius 2 is 1.96 bits per heavy atom. The van der Waals surface area contributed by atoms with Crippen molar-refractivity contribution in [2.45, 2.75) is 32.5 Å². The zero-order valence-corrected chi connectivity index (χ0v) is 14.3. The lowest BCUT2D eigenvalue weighted by Gasteiger charge is -2.28. The number of ether oxygens (including phenoxy) is 1. The Hall–Kier alpha value is -2.35. The summed E-state index contributed by atoms with van der Waals surface area (Å²) in [5, 5.41) is 1.76. The minimum Gasteiger partial charge on any atom is -0.460 e. The summed E-state index contributed by atoms with van der Waals surface area (Å²) in [4.78, 5) is 3.72. The van der Waals surface area contributed by atoms with Crippen LogP contribution in [0.15, 0.2) is 42.4 Å². The van der Waals surface area contributed by atoms with E-state index < -0.39 is 23.5 Å². The highest BCUT2D eigenvalue weighted by atomic mass is 19.4. The highest BCUT2D eigenvalue weighted by molar-refractivity contribution is 5.77. The van der Waals surface area contributed by atoms with E-state index in [0.717, 1.165) is 25.6 Å². The molecule has 1 aromatic rings. The van der Waals surface area contributed by atoms with E-state index in [2.05, 4.69) is 10.4 Å². The predicted octanol–water partition coefficient (Wildman–Crippen LogP) is 4.19. The van der Waals surface area contributed by atoms with Crippen LogP contribution in [0.2, 0.25) is 0 Å². The molecule has 1 aliphatic heterocycles. The Balaban J connectivity index is 2.29. The molecule has 136 valence electrons. The topological polar surface area (TPSA) is 37.4 Å². The predicted molar refractivity (Wildman–Crippen MR) is 86.7 cm³/mol. The Labute approximate surface area is 143 Å². The molecule has 1 aliphatic rings. The first kappa shape index (κ1) is 19.0. The highest BCUT2D eigenvalue weighted by Crippen LogP contribution is 2.35. The molecule has 1 N–H and O–H groups in total. The minimum absolute atomic E-state index is 0.431. The molecule has 2 rings (SSSR count). The number of pyridine rings is 1. The summed E-state index contributed by atoms with van der Waals surface area (Å²) in [5.41, 5.74) is 2.35. The van der Waals surface area contributed by atoms with Crippen molar-refractivity contribution >= 4 is 5.57 Å². The number of nitrogens with zero attached hydrogens (tertiary/aromatic N) is 2. The Morgan fingerprint density at radius 3 is 2.48 bits per heavy atom. The van der Waals surface area contributed by atoms with E-state index in [4.69, 9.17) is 4.74 Å². The number of aromatic nitrogens is 1. The monoisotopic (exact) mass is 357 g/mol. The first-order valence-corrected chi connectivity index (χ1v) is 7.53. The van der Waals surface area contributed by atoms with E-state index in [0.29, 0.717) is 11.1 Å². The van der Waals surface area contributed by atoms with Gasteiger partial charge in [0.25, 0.3) is 5.88 Å². The fraction of sp³-hybridized carbons (Fsp3) is 0.353. The number of rotatable bonds is 4. The molecule has 0 unspecified atom stereocenters. The van der Waals surface area contributed by atoms with E-state index in [-0.39, 0.29) is 0 Å². The van der Waals surface area contributed by atoms with Crippen molar-refractivity contribution < 1.29 is 22.3 Å². The zero-order valence-electron chi connectivity index (χ0n) is 14.3. The summed E-state index contributed by atoms with van der Waals surface area (Å²) in [6.07, 6.45) is 3.77. The van der Waals surface area contributed by atoms with Gasteiger partial charge in [0, 0.05) is 25.0 Å². The lowest BCUT2D eigenvalue weighted by molar-refractivity contribution is -0.235. The van der Waals surface area contributed by atoms with Crippen molar-refractivity contribution in [1.29, 1.82) is 0 Å². The summed E-state index contributed by atoms with van der Waals surface area (Å²) < 4.78 is 57.5. The molecule has 0 saturated carbocycles. The van der Waals surface area contributed by atoms with Crippen LogP contribution >= 0.6 is 0 Å².